The van der Waals surface area contributed by atoms with Crippen LogP contribution in [0.1, 0.15) is 22.3 Å². The highest BCUT2D eigenvalue weighted by atomic mass is 16.5. The molecule has 0 aliphatic heterocycles. The van der Waals surface area contributed by atoms with E-state index in [1.165, 1.54) is 33.0 Å². The first kappa shape index (κ1) is 16.4. The predicted molar refractivity (Wildman–Crippen MR) is 109 cm³/mol. The Labute approximate surface area is 154 Å². The van der Waals surface area contributed by atoms with E-state index in [1.54, 1.807) is 7.11 Å². The molecule has 0 radical (unpaired) electrons. The van der Waals surface area contributed by atoms with Gasteiger partial charge in [0.05, 0.1) is 7.11 Å². The molecule has 1 heteroatoms. The number of rotatable bonds is 5. The number of hydrogen-bond acceptors (Lipinski definition) is 1. The Bertz CT molecular complexity index is 1000. The van der Waals surface area contributed by atoms with Crippen molar-refractivity contribution in [1.29, 1.82) is 0 Å². The molecule has 26 heavy (non-hydrogen) atoms. The third-order valence-electron chi connectivity index (χ3n) is 4.90. The minimum absolute atomic E-state index is 0.906. The molecule has 4 aromatic rings. The van der Waals surface area contributed by atoms with Gasteiger partial charge in [0.15, 0.2) is 0 Å². The molecule has 128 valence electrons. The van der Waals surface area contributed by atoms with E-state index in [4.69, 9.17) is 4.74 Å². The van der Waals surface area contributed by atoms with Crippen molar-refractivity contribution < 1.29 is 4.74 Å². The van der Waals surface area contributed by atoms with E-state index in [1.807, 2.05) is 6.07 Å². The van der Waals surface area contributed by atoms with E-state index in [9.17, 15) is 0 Å². The lowest BCUT2D eigenvalue weighted by Gasteiger charge is -2.15. The lowest BCUT2D eigenvalue weighted by atomic mass is 9.90. The van der Waals surface area contributed by atoms with E-state index in [0.29, 0.717) is 0 Å². The van der Waals surface area contributed by atoms with Gasteiger partial charge in [0.25, 0.3) is 0 Å². The average molecular weight is 338 g/mol. The van der Waals surface area contributed by atoms with E-state index in [2.05, 4.69) is 84.9 Å². The molecule has 0 aliphatic rings. The first-order chi connectivity index (χ1) is 12.8. The molecule has 0 spiro atoms. The Balaban J connectivity index is 1.85. The predicted octanol–water partition coefficient (Wildman–Crippen LogP) is 6.03. The van der Waals surface area contributed by atoms with Gasteiger partial charge >= 0.3 is 0 Å². The van der Waals surface area contributed by atoms with Crippen LogP contribution in [0.2, 0.25) is 0 Å². The van der Waals surface area contributed by atoms with Crippen LogP contribution in [0.15, 0.2) is 91.0 Å². The van der Waals surface area contributed by atoms with E-state index in [0.717, 1.165) is 18.6 Å². The number of methoxy groups -OCH3 is 1. The SMILES string of the molecule is COc1ccc2ccc(Cc3ccccc3)c(Cc3ccccc3)c2c1. The van der Waals surface area contributed by atoms with Crippen LogP contribution < -0.4 is 4.74 Å². The number of hydrogen-bond donors (Lipinski definition) is 0. The molecular weight excluding hydrogens is 316 g/mol. The Morgan fingerprint density at radius 1 is 0.654 bits per heavy atom. The molecule has 4 rings (SSSR count). The molecule has 0 N–H and O–H groups in total. The third-order valence-corrected chi connectivity index (χ3v) is 4.90. The zero-order valence-corrected chi connectivity index (χ0v) is 15.0. The van der Waals surface area contributed by atoms with Crippen LogP contribution in [0, 0.1) is 0 Å². The van der Waals surface area contributed by atoms with E-state index >= 15 is 0 Å². The van der Waals surface area contributed by atoms with Crippen LogP contribution in [0.25, 0.3) is 10.8 Å². The fraction of sp³-hybridized carbons (Fsp3) is 0.120. The standard InChI is InChI=1S/C25H22O/c1-26-23-15-14-21-12-13-22(16-19-8-4-2-5-9-19)24(25(21)18-23)17-20-10-6-3-7-11-20/h2-15,18H,16-17H2,1H3. The summed E-state index contributed by atoms with van der Waals surface area (Å²) in [5.41, 5.74) is 5.43. The van der Waals surface area contributed by atoms with Gasteiger partial charge in [0, 0.05) is 0 Å². The summed E-state index contributed by atoms with van der Waals surface area (Å²) in [6, 6.07) is 32.2. The van der Waals surface area contributed by atoms with Crippen molar-refractivity contribution in [3.8, 4) is 5.75 Å². The molecule has 4 aromatic carbocycles. The second kappa shape index (κ2) is 7.45. The van der Waals surface area contributed by atoms with Crippen LogP contribution in [0.3, 0.4) is 0 Å². The highest BCUT2D eigenvalue weighted by Gasteiger charge is 2.10. The maximum absolute atomic E-state index is 5.49. The summed E-state index contributed by atoms with van der Waals surface area (Å²) in [6.07, 6.45) is 1.86. The number of benzene rings is 4. The lowest BCUT2D eigenvalue weighted by Crippen LogP contribution is -1.99. The third kappa shape index (κ3) is 3.48. The number of ether oxygens (including phenoxy) is 1. The second-order valence-corrected chi connectivity index (χ2v) is 6.62. The molecule has 1 nitrogen and oxygen atoms in total. The quantitative estimate of drug-likeness (QED) is 0.432. The Morgan fingerprint density at radius 3 is 1.92 bits per heavy atom. The monoisotopic (exact) mass is 338 g/mol. The van der Waals surface area contributed by atoms with Gasteiger partial charge in [-0.25, -0.2) is 0 Å². The highest BCUT2D eigenvalue weighted by Crippen LogP contribution is 2.30. The minimum atomic E-state index is 0.906. The topological polar surface area (TPSA) is 9.23 Å². The lowest BCUT2D eigenvalue weighted by molar-refractivity contribution is 0.415. The summed E-state index contributed by atoms with van der Waals surface area (Å²) in [6.45, 7) is 0. The highest BCUT2D eigenvalue weighted by molar-refractivity contribution is 5.88. The second-order valence-electron chi connectivity index (χ2n) is 6.62. The van der Waals surface area contributed by atoms with Crippen molar-refractivity contribution in [1.82, 2.24) is 0 Å². The molecule has 0 fully saturated rings. The Hall–Kier alpha value is -3.06. The minimum Gasteiger partial charge on any atom is -0.497 e. The summed E-state index contributed by atoms with van der Waals surface area (Å²) in [5.74, 6) is 0.906. The summed E-state index contributed by atoms with van der Waals surface area (Å²) in [7, 11) is 1.73. The van der Waals surface area contributed by atoms with Crippen LogP contribution >= 0.6 is 0 Å². The Kier molecular flexibility index (Phi) is 4.70. The van der Waals surface area contributed by atoms with Gasteiger partial charge in [-0.3, -0.25) is 0 Å². The van der Waals surface area contributed by atoms with Crippen LogP contribution in [0.5, 0.6) is 5.75 Å². The molecule has 0 bridgehead atoms. The maximum atomic E-state index is 5.49. The van der Waals surface area contributed by atoms with Crippen molar-refractivity contribution in [3.05, 3.63) is 113 Å². The van der Waals surface area contributed by atoms with Crippen molar-refractivity contribution in [2.45, 2.75) is 12.8 Å². The molecule has 0 saturated heterocycles. The average Bonchev–Trinajstić information content (AvgIpc) is 2.71. The fourth-order valence-corrected chi connectivity index (χ4v) is 3.52. The van der Waals surface area contributed by atoms with E-state index < -0.39 is 0 Å². The summed E-state index contributed by atoms with van der Waals surface area (Å²) < 4.78 is 5.49. The van der Waals surface area contributed by atoms with E-state index in [-0.39, 0.29) is 0 Å². The smallest absolute Gasteiger partial charge is 0.119 e. The summed E-state index contributed by atoms with van der Waals surface area (Å²) in [5, 5.41) is 2.54. The van der Waals surface area contributed by atoms with Crippen LogP contribution in [0.4, 0.5) is 0 Å². The van der Waals surface area contributed by atoms with Crippen molar-refractivity contribution in [3.63, 3.8) is 0 Å². The van der Waals surface area contributed by atoms with Gasteiger partial charge in [-0.15, -0.1) is 0 Å². The molecule has 0 amide bonds. The van der Waals surface area contributed by atoms with Crippen molar-refractivity contribution >= 4 is 10.8 Å². The molecule has 0 heterocycles. The molecule has 0 aromatic heterocycles. The van der Waals surface area contributed by atoms with Gasteiger partial charge in [0.2, 0.25) is 0 Å². The molecule has 0 aliphatic carbocycles. The fourth-order valence-electron chi connectivity index (χ4n) is 3.52. The number of fused-ring (bicyclic) bond motifs is 1. The largest absolute Gasteiger partial charge is 0.497 e. The molecular formula is C25H22O. The van der Waals surface area contributed by atoms with Gasteiger partial charge in [-0.05, 0) is 58.0 Å². The van der Waals surface area contributed by atoms with Gasteiger partial charge in [0.1, 0.15) is 5.75 Å². The van der Waals surface area contributed by atoms with Crippen molar-refractivity contribution in [2.24, 2.45) is 0 Å². The first-order valence-corrected chi connectivity index (χ1v) is 9.00. The summed E-state index contributed by atoms with van der Waals surface area (Å²) in [4.78, 5) is 0. The maximum Gasteiger partial charge on any atom is 0.119 e. The Morgan fingerprint density at radius 2 is 1.27 bits per heavy atom. The zero-order valence-electron chi connectivity index (χ0n) is 15.0. The molecule has 0 atom stereocenters. The van der Waals surface area contributed by atoms with Crippen molar-refractivity contribution in [2.75, 3.05) is 7.11 Å². The zero-order chi connectivity index (χ0) is 17.8. The van der Waals surface area contributed by atoms with Crippen LogP contribution in [-0.2, 0) is 12.8 Å². The van der Waals surface area contributed by atoms with Gasteiger partial charge < -0.3 is 4.74 Å². The summed E-state index contributed by atoms with van der Waals surface area (Å²) >= 11 is 0. The van der Waals surface area contributed by atoms with Gasteiger partial charge in [-0.2, -0.15) is 0 Å². The van der Waals surface area contributed by atoms with Crippen LogP contribution in [-0.4, -0.2) is 7.11 Å². The molecule has 0 saturated carbocycles. The first-order valence-electron chi connectivity index (χ1n) is 9.00. The molecule has 0 unspecified atom stereocenters. The normalized spacial score (nSPS) is 10.8. The van der Waals surface area contributed by atoms with Gasteiger partial charge in [-0.1, -0.05) is 78.9 Å².